The Hall–Kier alpha value is -4.36. The number of rotatable bonds is 9. The van der Waals surface area contributed by atoms with Crippen LogP contribution in [0, 0.1) is 13.8 Å². The van der Waals surface area contributed by atoms with Gasteiger partial charge in [-0.05, 0) is 91.2 Å². The van der Waals surface area contributed by atoms with Crippen molar-refractivity contribution in [3.63, 3.8) is 0 Å². The van der Waals surface area contributed by atoms with Crippen LogP contribution < -0.4 is 15.4 Å². The first kappa shape index (κ1) is 31.6. The number of nitrogens with one attached hydrogen (secondary N) is 3. The molecule has 3 N–H and O–H groups in total. The molecule has 0 saturated carbocycles. The third-order valence-corrected chi connectivity index (χ3v) is 9.28. The lowest BCUT2D eigenvalue weighted by Gasteiger charge is -2.15. The summed E-state index contributed by atoms with van der Waals surface area (Å²) in [4.78, 5) is 12.8. The Balaban J connectivity index is 1.39. The molecular formula is C30H28F3N3O5S2. The van der Waals surface area contributed by atoms with E-state index < -0.39 is 37.5 Å². The lowest BCUT2D eigenvalue weighted by atomic mass is 10.1. The van der Waals surface area contributed by atoms with E-state index in [-0.39, 0.29) is 15.5 Å². The lowest BCUT2D eigenvalue weighted by Crippen LogP contribution is -2.15. The maximum absolute atomic E-state index is 13.0. The predicted octanol–water partition coefficient (Wildman–Crippen LogP) is 6.39. The monoisotopic (exact) mass is 631 g/mol. The maximum Gasteiger partial charge on any atom is 0.416 e. The summed E-state index contributed by atoms with van der Waals surface area (Å²) < 4.78 is 91.0. The molecule has 4 rings (SSSR count). The first-order valence-electron chi connectivity index (χ1n) is 12.8. The van der Waals surface area contributed by atoms with Gasteiger partial charge in [-0.25, -0.2) is 16.8 Å². The number of sulfone groups is 1. The average Bonchev–Trinajstić information content (AvgIpc) is 2.93. The number of carbonyl (C=O) groups is 1. The quantitative estimate of drug-likeness (QED) is 0.197. The number of anilines is 3. The molecule has 0 radical (unpaired) electrons. The van der Waals surface area contributed by atoms with Crippen molar-refractivity contribution in [2.45, 2.75) is 36.4 Å². The summed E-state index contributed by atoms with van der Waals surface area (Å²) in [6.45, 7) is 3.92. The van der Waals surface area contributed by atoms with Gasteiger partial charge in [-0.3, -0.25) is 9.52 Å². The number of carbonyl (C=O) groups excluding carboxylic acids is 1. The van der Waals surface area contributed by atoms with Gasteiger partial charge in [0.05, 0.1) is 21.0 Å². The van der Waals surface area contributed by atoms with E-state index in [0.717, 1.165) is 29.5 Å². The molecule has 0 atom stereocenters. The molecule has 0 aliphatic heterocycles. The molecule has 43 heavy (non-hydrogen) atoms. The SMILES string of the molecule is Cc1ccc(NCc2ccc(C(=O)Nc3ccc(S(=O)(=O)Nc4cccc(C(F)(F)F)c4)cc3)cc2)c(S(C)(=O)=O)c1C. The molecule has 226 valence electrons. The minimum absolute atomic E-state index is 0.206. The molecule has 0 spiro atoms. The highest BCUT2D eigenvalue weighted by Gasteiger charge is 2.30. The van der Waals surface area contributed by atoms with Crippen LogP contribution in [0.15, 0.2) is 94.7 Å². The molecule has 1 amide bonds. The molecule has 0 heterocycles. The van der Waals surface area contributed by atoms with Crippen molar-refractivity contribution in [3.8, 4) is 0 Å². The van der Waals surface area contributed by atoms with Crippen molar-refractivity contribution in [1.29, 1.82) is 0 Å². The van der Waals surface area contributed by atoms with Crippen molar-refractivity contribution < 1.29 is 34.8 Å². The van der Waals surface area contributed by atoms with E-state index in [1.54, 1.807) is 37.3 Å². The summed E-state index contributed by atoms with van der Waals surface area (Å²) in [6.07, 6.45) is -3.46. The van der Waals surface area contributed by atoms with Crippen molar-refractivity contribution in [1.82, 2.24) is 0 Å². The number of sulfonamides is 1. The van der Waals surface area contributed by atoms with Gasteiger partial charge in [-0.2, -0.15) is 13.2 Å². The largest absolute Gasteiger partial charge is 0.416 e. The van der Waals surface area contributed by atoms with E-state index in [0.29, 0.717) is 35.1 Å². The Labute approximate surface area is 247 Å². The van der Waals surface area contributed by atoms with Crippen LogP contribution in [-0.2, 0) is 32.6 Å². The Morgan fingerprint density at radius 3 is 2.07 bits per heavy atom. The first-order valence-corrected chi connectivity index (χ1v) is 16.2. The topological polar surface area (TPSA) is 121 Å². The fourth-order valence-electron chi connectivity index (χ4n) is 4.27. The summed E-state index contributed by atoms with van der Waals surface area (Å²) in [5.74, 6) is -0.453. The second-order valence-electron chi connectivity index (χ2n) is 9.87. The average molecular weight is 632 g/mol. The third kappa shape index (κ3) is 7.73. The van der Waals surface area contributed by atoms with Gasteiger partial charge in [0, 0.05) is 29.7 Å². The number of hydrogen-bond acceptors (Lipinski definition) is 6. The highest BCUT2D eigenvalue weighted by Crippen LogP contribution is 2.31. The molecule has 4 aromatic carbocycles. The molecule has 0 aliphatic carbocycles. The summed E-state index contributed by atoms with van der Waals surface area (Å²) >= 11 is 0. The van der Waals surface area contributed by atoms with Crippen LogP contribution in [0.3, 0.4) is 0 Å². The summed E-state index contributed by atoms with van der Waals surface area (Å²) in [5.41, 5.74) is 2.24. The summed E-state index contributed by atoms with van der Waals surface area (Å²) in [6, 6.07) is 19.2. The molecule has 13 heteroatoms. The molecule has 4 aromatic rings. The number of benzene rings is 4. The highest BCUT2D eigenvalue weighted by atomic mass is 32.2. The zero-order valence-electron chi connectivity index (χ0n) is 23.3. The summed E-state index contributed by atoms with van der Waals surface area (Å²) in [7, 11) is -7.65. The van der Waals surface area contributed by atoms with E-state index >= 15 is 0 Å². The molecule has 0 aromatic heterocycles. The minimum atomic E-state index is -4.62. The molecular weight excluding hydrogens is 603 g/mol. The van der Waals surface area contributed by atoms with E-state index in [2.05, 4.69) is 15.4 Å². The van der Waals surface area contributed by atoms with Crippen molar-refractivity contribution in [2.24, 2.45) is 0 Å². The Kier molecular flexibility index (Phi) is 8.88. The van der Waals surface area contributed by atoms with Crippen LogP contribution in [0.2, 0.25) is 0 Å². The Bertz CT molecular complexity index is 1870. The van der Waals surface area contributed by atoms with Crippen LogP contribution in [0.25, 0.3) is 0 Å². The van der Waals surface area contributed by atoms with Gasteiger partial charge in [-0.1, -0.05) is 24.3 Å². The van der Waals surface area contributed by atoms with Crippen LogP contribution in [0.5, 0.6) is 0 Å². The number of hydrogen-bond donors (Lipinski definition) is 3. The zero-order valence-corrected chi connectivity index (χ0v) is 24.9. The van der Waals surface area contributed by atoms with E-state index in [4.69, 9.17) is 0 Å². The highest BCUT2D eigenvalue weighted by molar-refractivity contribution is 7.92. The van der Waals surface area contributed by atoms with Gasteiger partial charge in [0.25, 0.3) is 15.9 Å². The second kappa shape index (κ2) is 12.1. The molecule has 0 saturated heterocycles. The maximum atomic E-state index is 13.0. The number of amides is 1. The van der Waals surface area contributed by atoms with Gasteiger partial charge in [-0.15, -0.1) is 0 Å². The van der Waals surface area contributed by atoms with Crippen LogP contribution in [-0.4, -0.2) is 29.0 Å². The first-order chi connectivity index (χ1) is 20.0. The van der Waals surface area contributed by atoms with Gasteiger partial charge >= 0.3 is 6.18 Å². The lowest BCUT2D eigenvalue weighted by molar-refractivity contribution is -0.137. The predicted molar refractivity (Wildman–Crippen MR) is 159 cm³/mol. The second-order valence-corrected chi connectivity index (χ2v) is 13.5. The molecule has 8 nitrogen and oxygen atoms in total. The number of alkyl halides is 3. The fourth-order valence-corrected chi connectivity index (χ4v) is 6.58. The standard InChI is InChI=1S/C30H28F3N3O5S2/c1-19-7-16-27(28(20(19)2)42(3,38)39)34-18-21-8-10-22(11-9-21)29(37)35-24-12-14-26(15-13-24)43(40,41)36-25-6-4-5-23(17-25)30(31,32)33/h4-17,34,36H,18H2,1-3H3,(H,35,37). The van der Waals surface area contributed by atoms with E-state index in [1.165, 1.54) is 30.3 Å². The van der Waals surface area contributed by atoms with Crippen molar-refractivity contribution >= 4 is 42.8 Å². The van der Waals surface area contributed by atoms with E-state index in [9.17, 15) is 34.8 Å². The number of halogens is 3. The molecule has 0 bridgehead atoms. The Morgan fingerprint density at radius 2 is 1.47 bits per heavy atom. The minimum Gasteiger partial charge on any atom is -0.380 e. The Morgan fingerprint density at radius 1 is 0.814 bits per heavy atom. The van der Waals surface area contributed by atoms with Gasteiger partial charge in [0.1, 0.15) is 0 Å². The van der Waals surface area contributed by atoms with Gasteiger partial charge < -0.3 is 10.6 Å². The van der Waals surface area contributed by atoms with Crippen molar-refractivity contribution in [2.75, 3.05) is 21.6 Å². The third-order valence-electron chi connectivity index (χ3n) is 6.61. The summed E-state index contributed by atoms with van der Waals surface area (Å²) in [5, 5.41) is 5.81. The van der Waals surface area contributed by atoms with Gasteiger partial charge in [0.2, 0.25) is 0 Å². The zero-order chi connectivity index (χ0) is 31.6. The van der Waals surface area contributed by atoms with E-state index in [1.807, 2.05) is 13.0 Å². The van der Waals surface area contributed by atoms with Crippen LogP contribution in [0.4, 0.5) is 30.2 Å². The van der Waals surface area contributed by atoms with Crippen LogP contribution >= 0.6 is 0 Å². The van der Waals surface area contributed by atoms with Crippen molar-refractivity contribution in [3.05, 3.63) is 113 Å². The molecule has 0 fully saturated rings. The number of aryl methyl sites for hydroxylation is 1. The fraction of sp³-hybridized carbons (Fsp3) is 0.167. The molecule has 0 unspecified atom stereocenters. The normalized spacial score (nSPS) is 12.0. The molecule has 0 aliphatic rings. The smallest absolute Gasteiger partial charge is 0.380 e. The van der Waals surface area contributed by atoms with Gasteiger partial charge in [0.15, 0.2) is 9.84 Å². The van der Waals surface area contributed by atoms with Crippen LogP contribution in [0.1, 0.15) is 32.6 Å².